The quantitative estimate of drug-likeness (QED) is 0.480. The summed E-state index contributed by atoms with van der Waals surface area (Å²) in [5.74, 6) is 1.36. The van der Waals surface area contributed by atoms with Crippen molar-refractivity contribution in [2.45, 2.75) is 20.3 Å². The summed E-state index contributed by atoms with van der Waals surface area (Å²) in [5.41, 5.74) is 3.35. The highest BCUT2D eigenvalue weighted by atomic mass is 32.1. The molecule has 0 atom stereocenters. The van der Waals surface area contributed by atoms with Gasteiger partial charge in [0.25, 0.3) is 0 Å². The fourth-order valence-corrected chi connectivity index (χ4v) is 4.37. The van der Waals surface area contributed by atoms with E-state index in [0.29, 0.717) is 0 Å². The lowest BCUT2D eigenvalue weighted by Gasteiger charge is -2.10. The smallest absolute Gasteiger partial charge is 0.139 e. The highest BCUT2D eigenvalue weighted by molar-refractivity contribution is 7.19. The first kappa shape index (κ1) is 17.6. The van der Waals surface area contributed by atoms with Crippen LogP contribution in [0.25, 0.3) is 21.3 Å². The molecule has 0 aliphatic heterocycles. The van der Waals surface area contributed by atoms with Crippen LogP contribution in [0.4, 0.5) is 10.2 Å². The number of hydrogen-bond donors (Lipinski definition) is 1. The maximum Gasteiger partial charge on any atom is 0.139 e. The number of aromatic nitrogens is 2. The van der Waals surface area contributed by atoms with E-state index in [1.807, 2.05) is 25.1 Å². The van der Waals surface area contributed by atoms with Crippen molar-refractivity contribution in [2.24, 2.45) is 0 Å². The minimum atomic E-state index is -0.232. The van der Waals surface area contributed by atoms with E-state index in [2.05, 4.69) is 46.5 Å². The van der Waals surface area contributed by atoms with Crippen LogP contribution in [-0.4, -0.2) is 16.5 Å². The predicted molar refractivity (Wildman–Crippen MR) is 111 cm³/mol. The fraction of sp³-hybridized carbons (Fsp3) is 0.182. The average Bonchev–Trinajstić information content (AvgIpc) is 2.99. The van der Waals surface area contributed by atoms with E-state index in [4.69, 9.17) is 0 Å². The van der Waals surface area contributed by atoms with Gasteiger partial charge >= 0.3 is 0 Å². The maximum atomic E-state index is 13.4. The number of nitrogens with zero attached hydrogens (tertiary/aromatic N) is 2. The zero-order chi connectivity index (χ0) is 18.8. The molecule has 3 nitrogen and oxygen atoms in total. The van der Waals surface area contributed by atoms with Gasteiger partial charge in [0.05, 0.1) is 5.39 Å². The minimum Gasteiger partial charge on any atom is -0.369 e. The molecule has 0 aliphatic carbocycles. The SMILES string of the molecule is Cc1nc(NCCc2ccccc2)c2c(-c3ccc(F)cc3)c(C)sc2n1. The first-order valence-electron chi connectivity index (χ1n) is 8.93. The summed E-state index contributed by atoms with van der Waals surface area (Å²) in [4.78, 5) is 11.4. The first-order chi connectivity index (χ1) is 13.1. The maximum absolute atomic E-state index is 13.4. The molecular formula is C22H20FN3S. The zero-order valence-electron chi connectivity index (χ0n) is 15.3. The third-order valence-electron chi connectivity index (χ3n) is 4.52. The standard InChI is InChI=1S/C22H20FN3S/c1-14-19(17-8-10-18(23)11-9-17)20-21(25-15(2)26-22(20)27-14)24-13-12-16-6-4-3-5-7-16/h3-11H,12-13H2,1-2H3,(H,24,25,26). The van der Waals surface area contributed by atoms with Crippen molar-refractivity contribution in [3.8, 4) is 11.1 Å². The van der Waals surface area contributed by atoms with Gasteiger partial charge in [-0.05, 0) is 43.5 Å². The van der Waals surface area contributed by atoms with E-state index in [-0.39, 0.29) is 5.82 Å². The third-order valence-corrected chi connectivity index (χ3v) is 5.52. The van der Waals surface area contributed by atoms with Crippen LogP contribution in [0.3, 0.4) is 0 Å². The highest BCUT2D eigenvalue weighted by Crippen LogP contribution is 2.40. The molecule has 0 spiro atoms. The van der Waals surface area contributed by atoms with Crippen molar-refractivity contribution in [1.82, 2.24) is 9.97 Å². The van der Waals surface area contributed by atoms with Crippen LogP contribution in [0.15, 0.2) is 54.6 Å². The van der Waals surface area contributed by atoms with Gasteiger partial charge in [0.1, 0.15) is 22.3 Å². The predicted octanol–water partition coefficient (Wildman–Crippen LogP) is 5.77. The molecule has 27 heavy (non-hydrogen) atoms. The van der Waals surface area contributed by atoms with E-state index in [0.717, 1.165) is 50.8 Å². The van der Waals surface area contributed by atoms with Crippen LogP contribution in [0.5, 0.6) is 0 Å². The van der Waals surface area contributed by atoms with E-state index >= 15 is 0 Å². The normalized spacial score (nSPS) is 11.1. The number of fused-ring (bicyclic) bond motifs is 1. The van der Waals surface area contributed by atoms with Gasteiger partial charge in [-0.25, -0.2) is 14.4 Å². The van der Waals surface area contributed by atoms with Gasteiger partial charge in [-0.15, -0.1) is 11.3 Å². The highest BCUT2D eigenvalue weighted by Gasteiger charge is 2.17. The monoisotopic (exact) mass is 377 g/mol. The Kier molecular flexibility index (Phi) is 4.86. The van der Waals surface area contributed by atoms with Gasteiger partial charge in [0, 0.05) is 17.0 Å². The molecule has 0 amide bonds. The molecule has 2 heterocycles. The molecule has 136 valence electrons. The Morgan fingerprint density at radius 3 is 2.44 bits per heavy atom. The van der Waals surface area contributed by atoms with Gasteiger partial charge < -0.3 is 5.32 Å². The van der Waals surface area contributed by atoms with E-state index in [1.54, 1.807) is 11.3 Å². The molecule has 5 heteroatoms. The Morgan fingerprint density at radius 2 is 1.70 bits per heavy atom. The third kappa shape index (κ3) is 3.69. The van der Waals surface area contributed by atoms with Crippen LogP contribution in [-0.2, 0) is 6.42 Å². The number of thiophene rings is 1. The average molecular weight is 377 g/mol. The van der Waals surface area contributed by atoms with E-state index < -0.39 is 0 Å². The molecular weight excluding hydrogens is 357 g/mol. The molecule has 0 radical (unpaired) electrons. The molecule has 0 fully saturated rings. The fourth-order valence-electron chi connectivity index (χ4n) is 3.28. The molecule has 2 aromatic heterocycles. The van der Waals surface area contributed by atoms with Crippen molar-refractivity contribution >= 4 is 27.4 Å². The number of hydrogen-bond acceptors (Lipinski definition) is 4. The van der Waals surface area contributed by atoms with Crippen LogP contribution in [0.1, 0.15) is 16.3 Å². The number of anilines is 1. The van der Waals surface area contributed by atoms with Gasteiger partial charge in [0.2, 0.25) is 0 Å². The molecule has 0 saturated heterocycles. The topological polar surface area (TPSA) is 37.8 Å². The van der Waals surface area contributed by atoms with Gasteiger partial charge in [-0.3, -0.25) is 0 Å². The Morgan fingerprint density at radius 1 is 0.963 bits per heavy atom. The van der Waals surface area contributed by atoms with Crippen molar-refractivity contribution in [2.75, 3.05) is 11.9 Å². The molecule has 0 aliphatic rings. The molecule has 2 aromatic carbocycles. The Hall–Kier alpha value is -2.79. The molecule has 1 N–H and O–H groups in total. The second kappa shape index (κ2) is 7.45. The lowest BCUT2D eigenvalue weighted by atomic mass is 10.0. The number of benzene rings is 2. The number of rotatable bonds is 5. The van der Waals surface area contributed by atoms with Crippen molar-refractivity contribution in [1.29, 1.82) is 0 Å². The number of nitrogens with one attached hydrogen (secondary N) is 1. The lowest BCUT2D eigenvalue weighted by molar-refractivity contribution is 0.628. The Labute approximate surface area is 161 Å². The number of halogens is 1. The molecule has 4 aromatic rings. The van der Waals surface area contributed by atoms with Crippen LogP contribution in [0, 0.1) is 19.7 Å². The van der Waals surface area contributed by atoms with Crippen molar-refractivity contribution in [3.05, 3.63) is 76.7 Å². The van der Waals surface area contributed by atoms with Gasteiger partial charge in [0.15, 0.2) is 0 Å². The van der Waals surface area contributed by atoms with Gasteiger partial charge in [-0.2, -0.15) is 0 Å². The van der Waals surface area contributed by atoms with Crippen LogP contribution < -0.4 is 5.32 Å². The van der Waals surface area contributed by atoms with Gasteiger partial charge in [-0.1, -0.05) is 42.5 Å². The Bertz CT molecular complexity index is 1070. The van der Waals surface area contributed by atoms with E-state index in [1.165, 1.54) is 17.7 Å². The number of aryl methyl sites for hydroxylation is 2. The first-order valence-corrected chi connectivity index (χ1v) is 9.75. The van der Waals surface area contributed by atoms with Crippen LogP contribution in [0.2, 0.25) is 0 Å². The molecule has 0 saturated carbocycles. The minimum absolute atomic E-state index is 0.232. The molecule has 4 rings (SSSR count). The summed E-state index contributed by atoms with van der Waals surface area (Å²) < 4.78 is 13.4. The summed E-state index contributed by atoms with van der Waals surface area (Å²) in [6, 6.07) is 17.0. The summed E-state index contributed by atoms with van der Waals surface area (Å²) in [6.07, 6.45) is 0.917. The second-order valence-electron chi connectivity index (χ2n) is 6.50. The molecule has 0 bridgehead atoms. The van der Waals surface area contributed by atoms with Crippen molar-refractivity contribution in [3.63, 3.8) is 0 Å². The molecule has 0 unspecified atom stereocenters. The second-order valence-corrected chi connectivity index (χ2v) is 7.71. The summed E-state index contributed by atoms with van der Waals surface area (Å²) in [6.45, 7) is 4.77. The van der Waals surface area contributed by atoms with Crippen LogP contribution >= 0.6 is 11.3 Å². The summed E-state index contributed by atoms with van der Waals surface area (Å²) >= 11 is 1.65. The zero-order valence-corrected chi connectivity index (χ0v) is 16.1. The van der Waals surface area contributed by atoms with Crippen molar-refractivity contribution < 1.29 is 4.39 Å². The summed E-state index contributed by atoms with van der Waals surface area (Å²) in [7, 11) is 0. The lowest BCUT2D eigenvalue weighted by Crippen LogP contribution is -2.08. The largest absolute Gasteiger partial charge is 0.369 e. The summed E-state index contributed by atoms with van der Waals surface area (Å²) in [5, 5.41) is 4.51. The Balaban J connectivity index is 1.72. The van der Waals surface area contributed by atoms with E-state index in [9.17, 15) is 4.39 Å².